The molecule has 25 heavy (non-hydrogen) atoms. The number of urea groups is 1. The van der Waals surface area contributed by atoms with E-state index in [1.54, 1.807) is 7.11 Å². The number of furan rings is 1. The molecule has 1 saturated carbocycles. The molecule has 1 aliphatic carbocycles. The van der Waals surface area contributed by atoms with Crippen molar-refractivity contribution in [2.45, 2.75) is 63.3 Å². The van der Waals surface area contributed by atoms with Gasteiger partial charge in [-0.3, -0.25) is 0 Å². The second-order valence-corrected chi connectivity index (χ2v) is 7.44. The molecule has 1 N–H and O–H groups in total. The van der Waals surface area contributed by atoms with Crippen LogP contribution in [0, 0.1) is 5.92 Å². The number of amides is 2. The van der Waals surface area contributed by atoms with Gasteiger partial charge in [0.05, 0.1) is 12.1 Å². The number of hydrogen-bond acceptors (Lipinski definition) is 4. The molecule has 138 valence electrons. The molecule has 4 rings (SSSR count). The fourth-order valence-electron chi connectivity index (χ4n) is 4.70. The number of nitrogens with zero attached hydrogens (tertiary/aromatic N) is 1. The molecule has 6 nitrogen and oxygen atoms in total. The first-order valence-electron chi connectivity index (χ1n) is 9.52. The Hall–Kier alpha value is -1.53. The predicted octanol–water partition coefficient (Wildman–Crippen LogP) is 3.23. The highest BCUT2D eigenvalue weighted by Gasteiger charge is 2.40. The lowest BCUT2D eigenvalue weighted by Crippen LogP contribution is -2.50. The molecule has 2 aliphatic heterocycles. The van der Waals surface area contributed by atoms with Crippen molar-refractivity contribution in [3.8, 4) is 0 Å². The molecular formula is C19H28N2O4. The van der Waals surface area contributed by atoms with Crippen LogP contribution in [0.2, 0.25) is 0 Å². The summed E-state index contributed by atoms with van der Waals surface area (Å²) in [6, 6.07) is 4.24. The van der Waals surface area contributed by atoms with Crippen LogP contribution in [0.15, 0.2) is 16.5 Å². The Kier molecular flexibility index (Phi) is 4.99. The number of methoxy groups -OCH3 is 1. The quantitative estimate of drug-likeness (QED) is 0.907. The zero-order valence-corrected chi connectivity index (χ0v) is 14.9. The van der Waals surface area contributed by atoms with E-state index in [0.717, 1.165) is 63.2 Å². The van der Waals surface area contributed by atoms with Crippen LogP contribution in [0.4, 0.5) is 4.79 Å². The van der Waals surface area contributed by atoms with Crippen LogP contribution in [-0.4, -0.2) is 43.3 Å². The molecule has 6 heteroatoms. The first-order chi connectivity index (χ1) is 12.3. The average Bonchev–Trinajstić information content (AvgIpc) is 3.35. The van der Waals surface area contributed by atoms with Gasteiger partial charge >= 0.3 is 6.03 Å². The van der Waals surface area contributed by atoms with E-state index in [2.05, 4.69) is 5.32 Å². The van der Waals surface area contributed by atoms with Gasteiger partial charge in [0, 0.05) is 32.2 Å². The summed E-state index contributed by atoms with van der Waals surface area (Å²) < 4.78 is 16.8. The summed E-state index contributed by atoms with van der Waals surface area (Å²) in [6.45, 7) is 2.08. The molecular weight excluding hydrogens is 320 g/mol. The monoisotopic (exact) mass is 348 g/mol. The molecule has 2 amide bonds. The molecule has 1 aromatic rings. The molecule has 0 aromatic carbocycles. The van der Waals surface area contributed by atoms with Crippen LogP contribution >= 0.6 is 0 Å². The maximum Gasteiger partial charge on any atom is 0.318 e. The van der Waals surface area contributed by atoms with Gasteiger partial charge < -0.3 is 24.1 Å². The highest BCUT2D eigenvalue weighted by molar-refractivity contribution is 5.75. The summed E-state index contributed by atoms with van der Waals surface area (Å²) in [6.07, 6.45) is 6.71. The number of ether oxygens (including phenoxy) is 2. The van der Waals surface area contributed by atoms with E-state index >= 15 is 0 Å². The normalized spacial score (nSPS) is 32.0. The fraction of sp³-hybridized carbons (Fsp3) is 0.737. The van der Waals surface area contributed by atoms with Crippen molar-refractivity contribution in [2.24, 2.45) is 5.92 Å². The topological polar surface area (TPSA) is 63.9 Å². The Balaban J connectivity index is 1.41. The standard InChI is InChI=1S/C19H28N2O4/c1-23-12-13-7-8-18(25-13)16-5-3-10-21(16)19(22)20-15-4-2-6-17-14(15)9-11-24-17/h7-8,14-17H,2-6,9-12H2,1H3,(H,20,22)/t14-,15-,16+,17-/m1/s1. The highest BCUT2D eigenvalue weighted by atomic mass is 16.5. The Morgan fingerprint density at radius 1 is 1.28 bits per heavy atom. The van der Waals surface area contributed by atoms with Gasteiger partial charge in [-0.25, -0.2) is 4.79 Å². The lowest BCUT2D eigenvalue weighted by atomic mass is 9.82. The second kappa shape index (κ2) is 7.38. The number of hydrogen-bond donors (Lipinski definition) is 1. The molecule has 2 saturated heterocycles. The van der Waals surface area contributed by atoms with Gasteiger partial charge in [0.15, 0.2) is 0 Å². The maximum atomic E-state index is 12.9. The molecule has 0 unspecified atom stereocenters. The Morgan fingerprint density at radius 2 is 2.20 bits per heavy atom. The van der Waals surface area contributed by atoms with Crippen LogP contribution < -0.4 is 5.32 Å². The van der Waals surface area contributed by atoms with Crippen molar-refractivity contribution in [1.29, 1.82) is 0 Å². The van der Waals surface area contributed by atoms with Crippen molar-refractivity contribution in [1.82, 2.24) is 10.2 Å². The Morgan fingerprint density at radius 3 is 3.08 bits per heavy atom. The summed E-state index contributed by atoms with van der Waals surface area (Å²) in [5.41, 5.74) is 0. The smallest absolute Gasteiger partial charge is 0.318 e. The molecule has 4 atom stereocenters. The molecule has 0 bridgehead atoms. The van der Waals surface area contributed by atoms with Gasteiger partial charge in [0.1, 0.15) is 18.1 Å². The van der Waals surface area contributed by atoms with Gasteiger partial charge in [-0.15, -0.1) is 0 Å². The summed E-state index contributed by atoms with van der Waals surface area (Å²) >= 11 is 0. The van der Waals surface area contributed by atoms with E-state index in [0.29, 0.717) is 18.6 Å². The second-order valence-electron chi connectivity index (χ2n) is 7.44. The molecule has 3 heterocycles. The van der Waals surface area contributed by atoms with Gasteiger partial charge in [-0.2, -0.15) is 0 Å². The average molecular weight is 348 g/mol. The van der Waals surface area contributed by atoms with Gasteiger partial charge in [-0.05, 0) is 50.7 Å². The maximum absolute atomic E-state index is 12.9. The van der Waals surface area contributed by atoms with Crippen LogP contribution in [0.25, 0.3) is 0 Å². The van der Waals surface area contributed by atoms with E-state index in [4.69, 9.17) is 13.9 Å². The van der Waals surface area contributed by atoms with Crippen molar-refractivity contribution < 1.29 is 18.7 Å². The minimum atomic E-state index is 0.0322. The van der Waals surface area contributed by atoms with Gasteiger partial charge in [0.2, 0.25) is 0 Å². The van der Waals surface area contributed by atoms with E-state index in [1.807, 2.05) is 17.0 Å². The van der Waals surface area contributed by atoms with Gasteiger partial charge in [-0.1, -0.05) is 0 Å². The van der Waals surface area contributed by atoms with Crippen LogP contribution in [0.1, 0.15) is 56.1 Å². The Labute approximate surface area is 148 Å². The van der Waals surface area contributed by atoms with Crippen molar-refractivity contribution in [2.75, 3.05) is 20.3 Å². The predicted molar refractivity (Wildman–Crippen MR) is 92.1 cm³/mol. The molecule has 3 fully saturated rings. The third-order valence-electron chi connectivity index (χ3n) is 5.90. The van der Waals surface area contributed by atoms with Crippen molar-refractivity contribution in [3.05, 3.63) is 23.7 Å². The van der Waals surface area contributed by atoms with E-state index < -0.39 is 0 Å². The summed E-state index contributed by atoms with van der Waals surface area (Å²) in [4.78, 5) is 14.9. The molecule has 0 radical (unpaired) electrons. The lowest BCUT2D eigenvalue weighted by molar-refractivity contribution is 0.0535. The molecule has 1 aromatic heterocycles. The minimum absolute atomic E-state index is 0.0322. The summed E-state index contributed by atoms with van der Waals surface area (Å²) in [7, 11) is 1.65. The minimum Gasteiger partial charge on any atom is -0.461 e. The van der Waals surface area contributed by atoms with Crippen LogP contribution in [0.3, 0.4) is 0 Å². The fourth-order valence-corrected chi connectivity index (χ4v) is 4.70. The van der Waals surface area contributed by atoms with Crippen molar-refractivity contribution in [3.63, 3.8) is 0 Å². The van der Waals surface area contributed by atoms with E-state index in [-0.39, 0.29) is 18.1 Å². The number of carbonyl (C=O) groups is 1. The van der Waals surface area contributed by atoms with E-state index in [1.165, 1.54) is 0 Å². The summed E-state index contributed by atoms with van der Waals surface area (Å²) in [5.74, 6) is 2.16. The third-order valence-corrected chi connectivity index (χ3v) is 5.90. The van der Waals surface area contributed by atoms with Crippen LogP contribution in [-0.2, 0) is 16.1 Å². The Bertz CT molecular complexity index is 602. The first kappa shape index (κ1) is 16.9. The number of fused-ring (bicyclic) bond motifs is 1. The molecule has 0 spiro atoms. The third kappa shape index (κ3) is 3.42. The SMILES string of the molecule is COCc1ccc([C@@H]2CCCN2C(=O)N[C@@H]2CCC[C@H]3OCC[C@H]23)o1. The highest BCUT2D eigenvalue weighted by Crippen LogP contribution is 2.36. The number of carbonyl (C=O) groups excluding carboxylic acids is 1. The van der Waals surface area contributed by atoms with E-state index in [9.17, 15) is 4.79 Å². The first-order valence-corrected chi connectivity index (χ1v) is 9.52. The molecule has 3 aliphatic rings. The number of rotatable bonds is 4. The van der Waals surface area contributed by atoms with Gasteiger partial charge in [0.25, 0.3) is 0 Å². The zero-order valence-electron chi connectivity index (χ0n) is 14.9. The summed E-state index contributed by atoms with van der Waals surface area (Å²) in [5, 5.41) is 3.30. The van der Waals surface area contributed by atoms with Crippen LogP contribution in [0.5, 0.6) is 0 Å². The number of nitrogens with one attached hydrogen (secondary N) is 1. The number of likely N-dealkylation sites (tertiary alicyclic amines) is 1. The lowest BCUT2D eigenvalue weighted by Gasteiger charge is -2.35. The zero-order chi connectivity index (χ0) is 17.2. The van der Waals surface area contributed by atoms with Crippen molar-refractivity contribution >= 4 is 6.03 Å². The largest absolute Gasteiger partial charge is 0.461 e.